The summed E-state index contributed by atoms with van der Waals surface area (Å²) in [7, 11) is 1.62. The molecule has 1 amide bonds. The first kappa shape index (κ1) is 23.7. The van der Waals surface area contributed by atoms with Gasteiger partial charge in [0.2, 0.25) is 5.91 Å². The second-order valence-electron chi connectivity index (χ2n) is 9.03. The van der Waals surface area contributed by atoms with Crippen LogP contribution in [-0.2, 0) is 9.53 Å². The van der Waals surface area contributed by atoms with Crippen LogP contribution in [0.25, 0.3) is 27.7 Å². The highest BCUT2D eigenvalue weighted by Gasteiger charge is 2.15. The van der Waals surface area contributed by atoms with E-state index in [2.05, 4.69) is 41.4 Å². The van der Waals surface area contributed by atoms with Gasteiger partial charge in [0.15, 0.2) is 0 Å². The van der Waals surface area contributed by atoms with Crippen LogP contribution >= 0.6 is 0 Å². The van der Waals surface area contributed by atoms with Crippen molar-refractivity contribution in [2.45, 2.75) is 13.8 Å². The minimum absolute atomic E-state index is 0.195. The summed E-state index contributed by atoms with van der Waals surface area (Å²) in [5, 5.41) is 3.94. The Kier molecular flexibility index (Phi) is 6.78. The number of hydrogen-bond donors (Lipinski definition) is 1. The van der Waals surface area contributed by atoms with E-state index >= 15 is 0 Å². The van der Waals surface area contributed by atoms with Crippen molar-refractivity contribution < 1.29 is 18.7 Å². The Morgan fingerprint density at radius 1 is 1.03 bits per heavy atom. The molecule has 2 heterocycles. The number of carbonyl (C=O) groups is 1. The topological polar surface area (TPSA) is 63.9 Å². The molecular weight excluding hydrogens is 452 g/mol. The first-order chi connectivity index (χ1) is 17.5. The van der Waals surface area contributed by atoms with Gasteiger partial charge in [0.05, 0.1) is 26.6 Å². The molecule has 0 bridgehead atoms. The molecule has 1 aliphatic rings. The Morgan fingerprint density at radius 2 is 1.75 bits per heavy atom. The minimum atomic E-state index is -0.195. The third-order valence-electron chi connectivity index (χ3n) is 6.54. The Balaban J connectivity index is 1.38. The Hall–Kier alpha value is -4.03. The van der Waals surface area contributed by atoms with Gasteiger partial charge in [-0.2, -0.15) is 0 Å². The monoisotopic (exact) mass is 482 g/mol. The number of nitrogens with one attached hydrogen (secondary N) is 1. The third kappa shape index (κ3) is 4.99. The number of benzene rings is 3. The zero-order chi connectivity index (χ0) is 25.1. The van der Waals surface area contributed by atoms with Gasteiger partial charge in [-0.05, 0) is 55.3 Å². The molecule has 6 heteroatoms. The normalized spacial score (nSPS) is 14.2. The molecule has 0 radical (unpaired) electrons. The number of carbonyl (C=O) groups excluding carboxylic acids is 1. The predicted octanol–water partition coefficient (Wildman–Crippen LogP) is 6.30. The van der Waals surface area contributed by atoms with Crippen LogP contribution in [0.5, 0.6) is 5.75 Å². The highest BCUT2D eigenvalue weighted by molar-refractivity contribution is 6.05. The summed E-state index contributed by atoms with van der Waals surface area (Å²) in [5.74, 6) is 0.462. The van der Waals surface area contributed by atoms with Crippen molar-refractivity contribution >= 4 is 33.8 Å². The Morgan fingerprint density at radius 3 is 2.44 bits per heavy atom. The van der Waals surface area contributed by atoms with Crippen molar-refractivity contribution in [1.82, 2.24) is 0 Å². The lowest BCUT2D eigenvalue weighted by molar-refractivity contribution is -0.111. The van der Waals surface area contributed by atoms with E-state index in [1.54, 1.807) is 19.4 Å². The number of amides is 1. The lowest BCUT2D eigenvalue weighted by atomic mass is 9.99. The quantitative estimate of drug-likeness (QED) is 0.327. The lowest BCUT2D eigenvalue weighted by Gasteiger charge is -2.28. The lowest BCUT2D eigenvalue weighted by Crippen LogP contribution is -2.36. The maximum absolute atomic E-state index is 12.8. The summed E-state index contributed by atoms with van der Waals surface area (Å²) in [6.07, 6.45) is 3.37. The van der Waals surface area contributed by atoms with E-state index in [9.17, 15) is 4.79 Å². The van der Waals surface area contributed by atoms with Crippen molar-refractivity contribution in [3.8, 4) is 16.9 Å². The van der Waals surface area contributed by atoms with Gasteiger partial charge < -0.3 is 24.1 Å². The number of methoxy groups -OCH3 is 1. The second-order valence-corrected chi connectivity index (χ2v) is 9.03. The third-order valence-corrected chi connectivity index (χ3v) is 6.54. The van der Waals surface area contributed by atoms with Crippen LogP contribution in [0.15, 0.2) is 77.4 Å². The average Bonchev–Trinajstić information content (AvgIpc) is 3.32. The summed E-state index contributed by atoms with van der Waals surface area (Å²) in [6.45, 7) is 7.21. The van der Waals surface area contributed by atoms with Crippen LogP contribution in [0.4, 0.5) is 11.4 Å². The number of allylic oxidation sites excluding steroid dienone is 1. The summed E-state index contributed by atoms with van der Waals surface area (Å²) < 4.78 is 16.9. The van der Waals surface area contributed by atoms with Crippen LogP contribution in [0.1, 0.15) is 18.1 Å². The van der Waals surface area contributed by atoms with Gasteiger partial charge in [0.1, 0.15) is 11.3 Å². The largest absolute Gasteiger partial charge is 0.496 e. The summed E-state index contributed by atoms with van der Waals surface area (Å²) in [6, 6.07) is 20.2. The zero-order valence-corrected chi connectivity index (χ0v) is 20.8. The molecule has 0 saturated carbocycles. The fourth-order valence-electron chi connectivity index (χ4n) is 4.52. The van der Waals surface area contributed by atoms with E-state index in [0.717, 1.165) is 70.9 Å². The highest BCUT2D eigenvalue weighted by Crippen LogP contribution is 2.37. The van der Waals surface area contributed by atoms with Crippen molar-refractivity contribution in [2.24, 2.45) is 0 Å². The van der Waals surface area contributed by atoms with Gasteiger partial charge >= 0.3 is 0 Å². The highest BCUT2D eigenvalue weighted by atomic mass is 16.5. The molecule has 5 rings (SSSR count). The Bertz CT molecular complexity index is 1400. The number of nitrogens with zero attached hydrogens (tertiary/aromatic N) is 1. The molecule has 1 fully saturated rings. The number of morpholine rings is 1. The maximum Gasteiger partial charge on any atom is 0.248 e. The average molecular weight is 483 g/mol. The molecule has 1 saturated heterocycles. The number of hydrogen-bond acceptors (Lipinski definition) is 5. The molecule has 1 aliphatic heterocycles. The Labute approximate surface area is 211 Å². The predicted molar refractivity (Wildman–Crippen MR) is 145 cm³/mol. The number of aryl methyl sites for hydroxylation is 1. The van der Waals surface area contributed by atoms with Crippen molar-refractivity contribution in [1.29, 1.82) is 0 Å². The number of fused-ring (bicyclic) bond motifs is 1. The zero-order valence-electron chi connectivity index (χ0n) is 20.8. The van der Waals surface area contributed by atoms with E-state index < -0.39 is 0 Å². The van der Waals surface area contributed by atoms with Crippen LogP contribution < -0.4 is 15.0 Å². The molecule has 184 valence electrons. The standard InChI is InChI=1S/C30H30N2O4/c1-20-4-6-22(7-5-20)27-19-36-29-18-28(34-3)25(17-26(27)29)21(2)16-30(33)31-23-8-10-24(11-9-23)32-12-14-35-15-13-32/h4-11,16-19H,12-15H2,1-3H3,(H,31,33)/b21-16+. The van der Waals surface area contributed by atoms with Gasteiger partial charge in [-0.25, -0.2) is 0 Å². The smallest absolute Gasteiger partial charge is 0.248 e. The van der Waals surface area contributed by atoms with E-state index in [0.29, 0.717) is 5.75 Å². The number of anilines is 2. The first-order valence-corrected chi connectivity index (χ1v) is 12.1. The van der Waals surface area contributed by atoms with E-state index in [-0.39, 0.29) is 5.91 Å². The molecule has 0 aliphatic carbocycles. The van der Waals surface area contributed by atoms with Gasteiger partial charge in [-0.1, -0.05) is 29.8 Å². The molecule has 36 heavy (non-hydrogen) atoms. The van der Waals surface area contributed by atoms with Crippen LogP contribution in [0.2, 0.25) is 0 Å². The fourth-order valence-corrected chi connectivity index (χ4v) is 4.52. The van der Waals surface area contributed by atoms with Gasteiger partial charge in [0, 0.05) is 53.1 Å². The van der Waals surface area contributed by atoms with Gasteiger partial charge in [0.25, 0.3) is 0 Å². The van der Waals surface area contributed by atoms with Crippen molar-refractivity contribution in [2.75, 3.05) is 43.6 Å². The van der Waals surface area contributed by atoms with Gasteiger partial charge in [-0.15, -0.1) is 0 Å². The van der Waals surface area contributed by atoms with E-state index in [4.69, 9.17) is 13.9 Å². The van der Waals surface area contributed by atoms with Crippen molar-refractivity contribution in [3.63, 3.8) is 0 Å². The minimum Gasteiger partial charge on any atom is -0.496 e. The van der Waals surface area contributed by atoms with Crippen LogP contribution in [-0.4, -0.2) is 39.3 Å². The molecule has 0 spiro atoms. The molecule has 6 nitrogen and oxygen atoms in total. The van der Waals surface area contributed by atoms with E-state index in [1.165, 1.54) is 5.56 Å². The molecule has 0 atom stereocenters. The van der Waals surface area contributed by atoms with E-state index in [1.807, 2.05) is 43.3 Å². The molecule has 4 aromatic rings. The molecule has 1 aromatic heterocycles. The fraction of sp³-hybridized carbons (Fsp3) is 0.233. The number of furan rings is 1. The first-order valence-electron chi connectivity index (χ1n) is 12.1. The number of ether oxygens (including phenoxy) is 2. The summed E-state index contributed by atoms with van der Waals surface area (Å²) in [5.41, 5.74) is 7.55. The van der Waals surface area contributed by atoms with Crippen LogP contribution in [0.3, 0.4) is 0 Å². The van der Waals surface area contributed by atoms with Crippen molar-refractivity contribution in [3.05, 3.63) is 84.1 Å². The van der Waals surface area contributed by atoms with Crippen LogP contribution in [0, 0.1) is 6.92 Å². The SMILES string of the molecule is COc1cc2occ(-c3ccc(C)cc3)c2cc1/C(C)=C/C(=O)Nc1ccc(N2CCOCC2)cc1. The molecular formula is C30H30N2O4. The maximum atomic E-state index is 12.8. The van der Waals surface area contributed by atoms with Gasteiger partial charge in [-0.3, -0.25) is 4.79 Å². The second kappa shape index (κ2) is 10.3. The molecule has 1 N–H and O–H groups in total. The summed E-state index contributed by atoms with van der Waals surface area (Å²) in [4.78, 5) is 15.1. The molecule has 0 unspecified atom stereocenters. The molecule has 3 aromatic carbocycles. The summed E-state index contributed by atoms with van der Waals surface area (Å²) >= 11 is 0. The number of rotatable bonds is 6.